The molecule has 0 N–H and O–H groups in total. The Balaban J connectivity index is 2.03. The predicted molar refractivity (Wildman–Crippen MR) is 63.4 cm³/mol. The second kappa shape index (κ2) is 5.87. The minimum Gasteiger partial charge on any atom is -0.467 e. The second-order valence-corrected chi connectivity index (χ2v) is 4.47. The quantitative estimate of drug-likeness (QED) is 0.788. The van der Waals surface area contributed by atoms with E-state index >= 15 is 0 Å². The maximum Gasteiger partial charge on any atom is 0.249 e. The molecule has 1 aromatic heterocycles. The second-order valence-electron chi connectivity index (χ2n) is 4.47. The summed E-state index contributed by atoms with van der Waals surface area (Å²) in [6, 6.07) is 4.10. The molecule has 0 radical (unpaired) electrons. The van der Waals surface area contributed by atoms with Crippen molar-refractivity contribution in [2.24, 2.45) is 0 Å². The highest BCUT2D eigenvalue weighted by atomic mass is 16.5. The summed E-state index contributed by atoms with van der Waals surface area (Å²) in [4.78, 5) is 13.9. The standard InChI is InChI=1S/C13H19NO3/c1-16-10-13(15)14(11-5-2-3-6-11)9-12-7-4-8-17-12/h4,7-8,11H,2-3,5-6,9-10H2,1H3. The molecule has 0 aliphatic heterocycles. The largest absolute Gasteiger partial charge is 0.467 e. The molecule has 2 rings (SSSR count). The monoisotopic (exact) mass is 237 g/mol. The Morgan fingerprint density at radius 3 is 2.88 bits per heavy atom. The number of hydrogen-bond donors (Lipinski definition) is 0. The molecule has 0 unspecified atom stereocenters. The maximum absolute atomic E-state index is 12.0. The average molecular weight is 237 g/mol. The number of hydrogen-bond acceptors (Lipinski definition) is 3. The normalized spacial score (nSPS) is 16.3. The number of carbonyl (C=O) groups excluding carboxylic acids is 1. The smallest absolute Gasteiger partial charge is 0.249 e. The maximum atomic E-state index is 12.0. The Morgan fingerprint density at radius 1 is 1.53 bits per heavy atom. The summed E-state index contributed by atoms with van der Waals surface area (Å²) in [6.45, 7) is 0.705. The number of ether oxygens (including phenoxy) is 1. The molecule has 17 heavy (non-hydrogen) atoms. The minimum absolute atomic E-state index is 0.0517. The summed E-state index contributed by atoms with van der Waals surface area (Å²) in [7, 11) is 1.55. The van der Waals surface area contributed by atoms with Gasteiger partial charge in [-0.15, -0.1) is 0 Å². The fraction of sp³-hybridized carbons (Fsp3) is 0.615. The summed E-state index contributed by atoms with van der Waals surface area (Å²) >= 11 is 0. The van der Waals surface area contributed by atoms with Crippen molar-refractivity contribution in [2.45, 2.75) is 38.3 Å². The van der Waals surface area contributed by atoms with Gasteiger partial charge >= 0.3 is 0 Å². The Labute approximate surface area is 102 Å². The minimum atomic E-state index is 0.0517. The number of amides is 1. The number of rotatable bonds is 5. The SMILES string of the molecule is COCC(=O)N(Cc1ccco1)C1CCCC1. The van der Waals surface area contributed by atoms with Crippen molar-refractivity contribution in [1.82, 2.24) is 4.90 Å². The van der Waals surface area contributed by atoms with Gasteiger partial charge in [0.15, 0.2) is 0 Å². The van der Waals surface area contributed by atoms with Crippen LogP contribution in [0, 0.1) is 0 Å². The van der Waals surface area contributed by atoms with Gasteiger partial charge < -0.3 is 14.1 Å². The first-order valence-electron chi connectivity index (χ1n) is 6.12. The van der Waals surface area contributed by atoms with Gasteiger partial charge in [-0.3, -0.25) is 4.79 Å². The van der Waals surface area contributed by atoms with Crippen molar-refractivity contribution in [3.8, 4) is 0 Å². The van der Waals surface area contributed by atoms with E-state index in [1.54, 1.807) is 13.4 Å². The third kappa shape index (κ3) is 3.09. The highest BCUT2D eigenvalue weighted by Crippen LogP contribution is 2.25. The van der Waals surface area contributed by atoms with Crippen LogP contribution in [0.3, 0.4) is 0 Å². The van der Waals surface area contributed by atoms with E-state index in [0.29, 0.717) is 12.6 Å². The van der Waals surface area contributed by atoms with E-state index in [-0.39, 0.29) is 12.5 Å². The molecule has 0 atom stereocenters. The van der Waals surface area contributed by atoms with Gasteiger partial charge in [-0.05, 0) is 25.0 Å². The van der Waals surface area contributed by atoms with Crippen molar-refractivity contribution in [3.63, 3.8) is 0 Å². The summed E-state index contributed by atoms with van der Waals surface area (Å²) in [5.41, 5.74) is 0. The molecule has 0 saturated heterocycles. The first-order chi connectivity index (χ1) is 8.31. The van der Waals surface area contributed by atoms with Crippen LogP contribution in [0.1, 0.15) is 31.4 Å². The van der Waals surface area contributed by atoms with E-state index < -0.39 is 0 Å². The molecule has 1 saturated carbocycles. The lowest BCUT2D eigenvalue weighted by Crippen LogP contribution is -2.40. The first-order valence-corrected chi connectivity index (χ1v) is 6.12. The van der Waals surface area contributed by atoms with Crippen molar-refractivity contribution in [3.05, 3.63) is 24.2 Å². The lowest BCUT2D eigenvalue weighted by Gasteiger charge is -2.28. The molecule has 4 heteroatoms. The van der Waals surface area contributed by atoms with Gasteiger partial charge in [0, 0.05) is 13.2 Å². The van der Waals surface area contributed by atoms with Crippen LogP contribution in [0.15, 0.2) is 22.8 Å². The molecule has 94 valence electrons. The van der Waals surface area contributed by atoms with Crippen LogP contribution in [0.25, 0.3) is 0 Å². The molecular weight excluding hydrogens is 218 g/mol. The topological polar surface area (TPSA) is 42.7 Å². The highest BCUT2D eigenvalue weighted by Gasteiger charge is 2.27. The van der Waals surface area contributed by atoms with Crippen LogP contribution in [-0.2, 0) is 16.1 Å². The number of methoxy groups -OCH3 is 1. The molecule has 0 spiro atoms. The van der Waals surface area contributed by atoms with Crippen LogP contribution >= 0.6 is 0 Å². The van der Waals surface area contributed by atoms with Gasteiger partial charge in [-0.2, -0.15) is 0 Å². The average Bonchev–Trinajstić information content (AvgIpc) is 2.99. The zero-order valence-corrected chi connectivity index (χ0v) is 10.2. The van der Waals surface area contributed by atoms with Crippen molar-refractivity contribution in [2.75, 3.05) is 13.7 Å². The van der Waals surface area contributed by atoms with Crippen LogP contribution in [0.2, 0.25) is 0 Å². The summed E-state index contributed by atoms with van der Waals surface area (Å²) < 4.78 is 10.3. The molecular formula is C13H19NO3. The molecule has 1 amide bonds. The third-order valence-corrected chi connectivity index (χ3v) is 3.26. The van der Waals surface area contributed by atoms with E-state index in [4.69, 9.17) is 9.15 Å². The van der Waals surface area contributed by atoms with E-state index in [1.165, 1.54) is 12.8 Å². The molecule has 1 heterocycles. The van der Waals surface area contributed by atoms with Crippen molar-refractivity contribution < 1.29 is 13.9 Å². The summed E-state index contributed by atoms with van der Waals surface area (Å²) in [6.07, 6.45) is 6.24. The van der Waals surface area contributed by atoms with Gasteiger partial charge in [0.05, 0.1) is 12.8 Å². The molecule has 1 aliphatic rings. The summed E-state index contributed by atoms with van der Waals surface area (Å²) in [5, 5.41) is 0. The zero-order chi connectivity index (χ0) is 12.1. The number of furan rings is 1. The molecule has 4 nitrogen and oxygen atoms in total. The Hall–Kier alpha value is -1.29. The predicted octanol–water partition coefficient (Wildman–Crippen LogP) is 2.20. The third-order valence-electron chi connectivity index (χ3n) is 3.26. The fourth-order valence-corrected chi connectivity index (χ4v) is 2.41. The lowest BCUT2D eigenvalue weighted by molar-refractivity contribution is -0.138. The first kappa shape index (κ1) is 12.2. The van der Waals surface area contributed by atoms with E-state index in [1.807, 2.05) is 17.0 Å². The molecule has 0 bridgehead atoms. The zero-order valence-electron chi connectivity index (χ0n) is 10.2. The van der Waals surface area contributed by atoms with Crippen LogP contribution in [0.4, 0.5) is 0 Å². The molecule has 1 aliphatic carbocycles. The number of nitrogens with zero attached hydrogens (tertiary/aromatic N) is 1. The van der Waals surface area contributed by atoms with Gasteiger partial charge in [0.25, 0.3) is 0 Å². The molecule has 1 fully saturated rings. The lowest BCUT2D eigenvalue weighted by atomic mass is 10.2. The van der Waals surface area contributed by atoms with Gasteiger partial charge in [-0.1, -0.05) is 12.8 Å². The van der Waals surface area contributed by atoms with Crippen LogP contribution in [-0.4, -0.2) is 30.6 Å². The molecule has 1 aromatic rings. The Kier molecular flexibility index (Phi) is 4.20. The molecule has 0 aromatic carbocycles. The highest BCUT2D eigenvalue weighted by molar-refractivity contribution is 5.77. The van der Waals surface area contributed by atoms with Crippen LogP contribution < -0.4 is 0 Å². The van der Waals surface area contributed by atoms with Crippen molar-refractivity contribution in [1.29, 1.82) is 0 Å². The van der Waals surface area contributed by atoms with E-state index in [0.717, 1.165) is 18.6 Å². The van der Waals surface area contributed by atoms with Gasteiger partial charge in [0.2, 0.25) is 5.91 Å². The summed E-state index contributed by atoms with van der Waals surface area (Å²) in [5.74, 6) is 0.886. The van der Waals surface area contributed by atoms with Crippen LogP contribution in [0.5, 0.6) is 0 Å². The fourth-order valence-electron chi connectivity index (χ4n) is 2.41. The van der Waals surface area contributed by atoms with Gasteiger partial charge in [0.1, 0.15) is 12.4 Å². The Bertz CT molecular complexity index is 342. The van der Waals surface area contributed by atoms with Crippen molar-refractivity contribution >= 4 is 5.91 Å². The van der Waals surface area contributed by atoms with E-state index in [2.05, 4.69) is 0 Å². The Morgan fingerprint density at radius 2 is 2.29 bits per heavy atom. The van der Waals surface area contributed by atoms with E-state index in [9.17, 15) is 4.79 Å². The van der Waals surface area contributed by atoms with Gasteiger partial charge in [-0.25, -0.2) is 0 Å². The number of carbonyl (C=O) groups is 1.